The molecule has 1 saturated heterocycles. The Balaban J connectivity index is 0.000000344. The molecule has 0 unspecified atom stereocenters. The summed E-state index contributed by atoms with van der Waals surface area (Å²) in [5.74, 6) is 0. The van der Waals surface area contributed by atoms with Gasteiger partial charge in [-0.25, -0.2) is 0 Å². The van der Waals surface area contributed by atoms with E-state index in [0.29, 0.717) is 0 Å². The molecule has 1 rings (SSSR count). The first-order valence-electron chi connectivity index (χ1n) is 6.20. The maximum atomic E-state index is 10.8. The van der Waals surface area contributed by atoms with Crippen molar-refractivity contribution in [2.45, 2.75) is 50.0 Å². The molecule has 0 aromatic rings. The van der Waals surface area contributed by atoms with Crippen LogP contribution in [0.25, 0.3) is 0 Å². The summed E-state index contributed by atoms with van der Waals surface area (Å²) in [6.07, 6.45) is 7.06. The summed E-state index contributed by atoms with van der Waals surface area (Å²) < 4.78 is 64.8. The van der Waals surface area contributed by atoms with E-state index in [1.807, 2.05) is 0 Å². The van der Waals surface area contributed by atoms with Gasteiger partial charge in [0.2, 0.25) is 0 Å². The van der Waals surface area contributed by atoms with E-state index < -0.39 is 22.8 Å². The summed E-state index contributed by atoms with van der Waals surface area (Å²) in [7, 11) is 0. The van der Waals surface area contributed by atoms with Gasteiger partial charge in [-0.05, 0) is 38.9 Å². The average Bonchev–Trinajstić information content (AvgIpc) is 2.23. The zero-order chi connectivity index (χ0) is 14.9. The predicted molar refractivity (Wildman–Crippen MR) is 64.9 cm³/mol. The van der Waals surface area contributed by atoms with Gasteiger partial charge in [-0.3, -0.25) is 0 Å². The third kappa shape index (κ3) is 14.1. The third-order valence-electron chi connectivity index (χ3n) is 2.51. The number of hydrogen-bond acceptors (Lipinski definition) is 2. The molecule has 0 aromatic carbocycles. The van der Waals surface area contributed by atoms with Gasteiger partial charge in [0.05, 0.1) is 11.8 Å². The van der Waals surface area contributed by atoms with Gasteiger partial charge in [-0.1, -0.05) is 19.8 Å². The molecular weight excluding hydrogens is 292 g/mol. The number of thioether (sulfide) groups is 1. The number of nitrogens with zero attached hydrogens (tertiary/aromatic N) is 1. The first-order valence-corrected chi connectivity index (χ1v) is 7.01. The molecule has 1 nitrogen and oxygen atoms in total. The van der Waals surface area contributed by atoms with E-state index in [-0.39, 0.29) is 0 Å². The van der Waals surface area contributed by atoms with E-state index in [9.17, 15) is 26.3 Å². The van der Waals surface area contributed by atoms with Crippen LogP contribution in [-0.2, 0) is 0 Å². The van der Waals surface area contributed by atoms with Crippen LogP contribution in [0.1, 0.15) is 39.0 Å². The second-order valence-corrected chi connectivity index (χ2v) is 5.38. The molecular formula is C11H19F6NS. The average molecular weight is 311 g/mol. The molecule has 0 radical (unpaired) electrons. The molecule has 0 aliphatic carbocycles. The molecule has 0 aromatic heterocycles. The van der Waals surface area contributed by atoms with Crippen LogP contribution < -0.4 is 0 Å². The standard InChI is InChI=1S/C9H19N.C2F6S/c1-2-3-7-10-8-5-4-6-9-10;3-1(4,5)9-2(6,7)8/h2-9H2,1H3;. The van der Waals surface area contributed by atoms with Gasteiger partial charge in [0.15, 0.2) is 0 Å². The minimum absolute atomic E-state index is 1.34. The van der Waals surface area contributed by atoms with Gasteiger partial charge in [0.25, 0.3) is 0 Å². The van der Waals surface area contributed by atoms with E-state index >= 15 is 0 Å². The second-order valence-electron chi connectivity index (χ2n) is 4.25. The second kappa shape index (κ2) is 8.94. The summed E-state index contributed by atoms with van der Waals surface area (Å²) >= 11 is -1.99. The van der Waals surface area contributed by atoms with Crippen LogP contribution in [0.3, 0.4) is 0 Å². The van der Waals surface area contributed by atoms with Gasteiger partial charge in [0, 0.05) is 0 Å². The van der Waals surface area contributed by atoms with Crippen molar-refractivity contribution in [2.24, 2.45) is 0 Å². The van der Waals surface area contributed by atoms with E-state index in [2.05, 4.69) is 11.8 Å². The summed E-state index contributed by atoms with van der Waals surface area (Å²) in [6.45, 7) is 6.33. The summed E-state index contributed by atoms with van der Waals surface area (Å²) in [5, 5.41) is 0. The van der Waals surface area contributed by atoms with Crippen molar-refractivity contribution in [3.63, 3.8) is 0 Å². The fourth-order valence-electron chi connectivity index (χ4n) is 1.70. The molecule has 0 bridgehead atoms. The Bertz CT molecular complexity index is 210. The number of rotatable bonds is 3. The zero-order valence-electron chi connectivity index (χ0n) is 10.8. The maximum absolute atomic E-state index is 10.8. The lowest BCUT2D eigenvalue weighted by molar-refractivity contribution is -0.0696. The number of alkyl halides is 6. The molecule has 0 spiro atoms. The van der Waals surface area contributed by atoms with Crippen molar-refractivity contribution in [1.82, 2.24) is 4.90 Å². The van der Waals surface area contributed by atoms with Crippen molar-refractivity contribution < 1.29 is 26.3 Å². The van der Waals surface area contributed by atoms with Crippen LogP contribution in [0, 0.1) is 0 Å². The maximum Gasteiger partial charge on any atom is 0.450 e. The Labute approximate surface area is 113 Å². The first-order chi connectivity index (χ1) is 8.64. The van der Waals surface area contributed by atoms with Crippen molar-refractivity contribution in [1.29, 1.82) is 0 Å². The lowest BCUT2D eigenvalue weighted by Crippen LogP contribution is -2.30. The Kier molecular flexibility index (Phi) is 8.89. The minimum atomic E-state index is -5.22. The molecule has 0 N–H and O–H groups in total. The number of halogens is 6. The molecule has 0 atom stereocenters. The number of piperidine rings is 1. The molecule has 116 valence electrons. The van der Waals surface area contributed by atoms with Crippen molar-refractivity contribution in [3.8, 4) is 0 Å². The fourth-order valence-corrected chi connectivity index (χ4v) is 1.96. The molecule has 19 heavy (non-hydrogen) atoms. The summed E-state index contributed by atoms with van der Waals surface area (Å²) in [6, 6.07) is 0. The van der Waals surface area contributed by atoms with Gasteiger partial charge >= 0.3 is 11.0 Å². The highest BCUT2D eigenvalue weighted by atomic mass is 32.2. The predicted octanol–water partition coefficient (Wildman–Crippen LogP) is 5.03. The van der Waals surface area contributed by atoms with Crippen molar-refractivity contribution in [2.75, 3.05) is 19.6 Å². The number of likely N-dealkylation sites (tertiary alicyclic amines) is 1. The quantitative estimate of drug-likeness (QED) is 0.672. The van der Waals surface area contributed by atoms with E-state index in [0.717, 1.165) is 0 Å². The number of hydrogen-bond donors (Lipinski definition) is 0. The van der Waals surface area contributed by atoms with E-state index in [4.69, 9.17) is 0 Å². The van der Waals surface area contributed by atoms with Crippen LogP contribution >= 0.6 is 11.8 Å². The normalized spacial score (nSPS) is 17.8. The van der Waals surface area contributed by atoms with Crippen molar-refractivity contribution >= 4 is 11.8 Å². The first kappa shape index (κ1) is 18.9. The molecule has 1 fully saturated rings. The highest BCUT2D eigenvalue weighted by Crippen LogP contribution is 2.43. The molecule has 8 heteroatoms. The van der Waals surface area contributed by atoms with Crippen LogP contribution in [0.5, 0.6) is 0 Å². The molecule has 0 saturated carbocycles. The monoisotopic (exact) mass is 311 g/mol. The molecule has 1 aliphatic rings. The zero-order valence-corrected chi connectivity index (χ0v) is 11.6. The van der Waals surface area contributed by atoms with Gasteiger partial charge in [-0.2, -0.15) is 26.3 Å². The Morgan fingerprint density at radius 1 is 0.895 bits per heavy atom. The van der Waals surface area contributed by atoms with Crippen LogP contribution in [0.2, 0.25) is 0 Å². The topological polar surface area (TPSA) is 3.24 Å². The number of unbranched alkanes of at least 4 members (excludes halogenated alkanes) is 1. The summed E-state index contributed by atoms with van der Waals surface area (Å²) in [5.41, 5.74) is -10.4. The third-order valence-corrected chi connectivity index (χ3v) is 2.97. The van der Waals surface area contributed by atoms with Gasteiger partial charge in [-0.15, -0.1) is 0 Å². The molecule has 1 aliphatic heterocycles. The van der Waals surface area contributed by atoms with Crippen molar-refractivity contribution in [3.05, 3.63) is 0 Å². The van der Waals surface area contributed by atoms with Crippen LogP contribution in [0.15, 0.2) is 0 Å². The lowest BCUT2D eigenvalue weighted by Gasteiger charge is -2.25. The lowest BCUT2D eigenvalue weighted by atomic mass is 10.1. The Hall–Kier alpha value is -0.110. The smallest absolute Gasteiger partial charge is 0.303 e. The minimum Gasteiger partial charge on any atom is -0.303 e. The van der Waals surface area contributed by atoms with Gasteiger partial charge < -0.3 is 4.90 Å². The largest absolute Gasteiger partial charge is 0.450 e. The fraction of sp³-hybridized carbons (Fsp3) is 1.00. The highest BCUT2D eigenvalue weighted by Gasteiger charge is 2.45. The van der Waals surface area contributed by atoms with Gasteiger partial charge in [0.1, 0.15) is 0 Å². The van der Waals surface area contributed by atoms with E-state index in [1.54, 1.807) is 0 Å². The molecule has 1 heterocycles. The Morgan fingerprint density at radius 3 is 1.68 bits per heavy atom. The SMILES string of the molecule is CCCCN1CCCCC1.FC(F)(F)SC(F)(F)F. The Morgan fingerprint density at radius 2 is 1.37 bits per heavy atom. The highest BCUT2D eigenvalue weighted by molar-refractivity contribution is 8.00. The van der Waals surface area contributed by atoms with E-state index in [1.165, 1.54) is 51.7 Å². The summed E-state index contributed by atoms with van der Waals surface area (Å²) in [4.78, 5) is 2.60. The van der Waals surface area contributed by atoms with Crippen LogP contribution in [-0.4, -0.2) is 35.6 Å². The molecule has 0 amide bonds. The van der Waals surface area contributed by atoms with Crippen LogP contribution in [0.4, 0.5) is 26.3 Å².